The Labute approximate surface area is 126 Å². The van der Waals surface area contributed by atoms with Crippen LogP contribution in [0.4, 0.5) is 0 Å². The normalized spacial score (nSPS) is 9.81. The maximum atomic E-state index is 8.36. The fourth-order valence-corrected chi connectivity index (χ4v) is 1.26. The summed E-state index contributed by atoms with van der Waals surface area (Å²) in [6.45, 7) is 6.39. The maximum Gasteiger partial charge on any atom is 0.0701 e. The third-order valence-corrected chi connectivity index (χ3v) is 2.25. The molecule has 0 aliphatic carbocycles. The number of aliphatic hydroxyl groups is 2. The molecule has 1 rings (SSSR count). The summed E-state index contributed by atoms with van der Waals surface area (Å²) in [5.74, 6) is 0. The van der Waals surface area contributed by atoms with Crippen LogP contribution in [0, 0.1) is 0 Å². The van der Waals surface area contributed by atoms with Crippen molar-refractivity contribution in [1.29, 1.82) is 0 Å². The quantitative estimate of drug-likeness (QED) is 0.604. The molecule has 0 heterocycles. The fraction of sp³-hybridized carbons (Fsp3) is 0.500. The molecule has 2 N–H and O–H groups in total. The maximum absolute atomic E-state index is 8.36. The van der Waals surface area contributed by atoms with Crippen molar-refractivity contribution in [2.75, 3.05) is 52.9 Å². The van der Waals surface area contributed by atoms with Crippen LogP contribution in [0.5, 0.6) is 0 Å². The molecule has 0 aliphatic rings. The summed E-state index contributed by atoms with van der Waals surface area (Å²) in [7, 11) is 0. The van der Waals surface area contributed by atoms with E-state index in [4.69, 9.17) is 24.4 Å². The van der Waals surface area contributed by atoms with Crippen molar-refractivity contribution < 1.29 is 24.4 Å². The molecule has 0 bridgehead atoms. The van der Waals surface area contributed by atoms with Gasteiger partial charge in [0.25, 0.3) is 0 Å². The molecular weight excluding hydrogens is 272 g/mol. The Kier molecular flexibility index (Phi) is 15.8. The van der Waals surface area contributed by atoms with Crippen molar-refractivity contribution in [2.24, 2.45) is 0 Å². The average Bonchev–Trinajstić information content (AvgIpc) is 2.55. The molecule has 0 radical (unpaired) electrons. The van der Waals surface area contributed by atoms with Gasteiger partial charge in [0, 0.05) is 0 Å². The van der Waals surface area contributed by atoms with Gasteiger partial charge in [0.2, 0.25) is 0 Å². The van der Waals surface area contributed by atoms with E-state index in [-0.39, 0.29) is 13.2 Å². The lowest BCUT2D eigenvalue weighted by Gasteiger charge is -2.04. The highest BCUT2D eigenvalue weighted by Gasteiger charge is 1.89. The zero-order valence-corrected chi connectivity index (χ0v) is 12.4. The van der Waals surface area contributed by atoms with Crippen molar-refractivity contribution in [3.63, 3.8) is 0 Å². The Balaban J connectivity index is 0.000000423. The first-order valence-electron chi connectivity index (χ1n) is 6.97. The number of benzene rings is 1. The number of hydrogen-bond donors (Lipinski definition) is 2. The van der Waals surface area contributed by atoms with Gasteiger partial charge in [0.15, 0.2) is 0 Å². The van der Waals surface area contributed by atoms with E-state index in [0.29, 0.717) is 39.6 Å². The summed E-state index contributed by atoms with van der Waals surface area (Å²) in [6, 6.07) is 10.0. The molecule has 0 amide bonds. The van der Waals surface area contributed by atoms with Crippen molar-refractivity contribution in [3.8, 4) is 0 Å². The number of aliphatic hydroxyl groups excluding tert-OH is 2. The molecule has 0 unspecified atom stereocenters. The van der Waals surface area contributed by atoms with E-state index in [1.54, 1.807) is 0 Å². The minimum atomic E-state index is 0.0413. The van der Waals surface area contributed by atoms with E-state index in [1.807, 2.05) is 36.4 Å². The summed E-state index contributed by atoms with van der Waals surface area (Å²) in [6.07, 6.45) is 1.83. The van der Waals surface area contributed by atoms with Crippen LogP contribution in [-0.4, -0.2) is 63.1 Å². The van der Waals surface area contributed by atoms with Crippen LogP contribution in [0.25, 0.3) is 6.08 Å². The van der Waals surface area contributed by atoms with Gasteiger partial charge < -0.3 is 24.4 Å². The van der Waals surface area contributed by atoms with Crippen LogP contribution in [0.1, 0.15) is 5.56 Å². The molecule has 1 aromatic carbocycles. The minimum Gasteiger partial charge on any atom is -0.394 e. The first-order valence-corrected chi connectivity index (χ1v) is 6.97. The van der Waals surface area contributed by atoms with Crippen molar-refractivity contribution in [3.05, 3.63) is 42.5 Å². The van der Waals surface area contributed by atoms with Gasteiger partial charge in [-0.2, -0.15) is 0 Å². The smallest absolute Gasteiger partial charge is 0.0701 e. The number of rotatable bonds is 11. The highest BCUT2D eigenvalue weighted by Crippen LogP contribution is 1.97. The van der Waals surface area contributed by atoms with Gasteiger partial charge in [-0.3, -0.25) is 0 Å². The topological polar surface area (TPSA) is 68.2 Å². The largest absolute Gasteiger partial charge is 0.394 e. The molecular formula is C16H26O5. The minimum absolute atomic E-state index is 0.0413. The van der Waals surface area contributed by atoms with Gasteiger partial charge in [0.1, 0.15) is 0 Å². The molecule has 0 aromatic heterocycles. The van der Waals surface area contributed by atoms with Crippen LogP contribution in [-0.2, 0) is 14.2 Å². The third kappa shape index (κ3) is 15.0. The van der Waals surface area contributed by atoms with Crippen molar-refractivity contribution in [1.82, 2.24) is 0 Å². The fourth-order valence-electron chi connectivity index (χ4n) is 1.26. The summed E-state index contributed by atoms with van der Waals surface area (Å²) in [4.78, 5) is 0. The number of hydrogen-bond acceptors (Lipinski definition) is 5. The Morgan fingerprint density at radius 2 is 1.19 bits per heavy atom. The SMILES string of the molecule is C=Cc1ccccc1.OCCOCCOCCOCCO. The lowest BCUT2D eigenvalue weighted by Crippen LogP contribution is -2.11. The van der Waals surface area contributed by atoms with E-state index in [9.17, 15) is 0 Å². The molecule has 0 saturated heterocycles. The second kappa shape index (κ2) is 16.8. The first kappa shape index (κ1) is 19.8. The van der Waals surface area contributed by atoms with Crippen LogP contribution < -0.4 is 0 Å². The van der Waals surface area contributed by atoms with E-state index in [1.165, 1.54) is 5.56 Å². The highest BCUT2D eigenvalue weighted by molar-refractivity contribution is 5.45. The Morgan fingerprint density at radius 1 is 0.762 bits per heavy atom. The predicted molar refractivity (Wildman–Crippen MR) is 83.2 cm³/mol. The molecule has 0 spiro atoms. The second-order valence-electron chi connectivity index (χ2n) is 3.90. The molecule has 5 nitrogen and oxygen atoms in total. The molecule has 0 atom stereocenters. The van der Waals surface area contributed by atoms with Crippen LogP contribution in [0.2, 0.25) is 0 Å². The molecule has 0 saturated carbocycles. The summed E-state index contributed by atoms with van der Waals surface area (Å²) in [5.41, 5.74) is 1.17. The molecule has 0 fully saturated rings. The second-order valence-corrected chi connectivity index (χ2v) is 3.90. The van der Waals surface area contributed by atoms with Gasteiger partial charge in [-0.25, -0.2) is 0 Å². The van der Waals surface area contributed by atoms with Crippen molar-refractivity contribution in [2.45, 2.75) is 0 Å². The Hall–Kier alpha value is -1.24. The summed E-state index contributed by atoms with van der Waals surface area (Å²) in [5, 5.41) is 16.7. The van der Waals surface area contributed by atoms with E-state index < -0.39 is 0 Å². The Bertz CT molecular complexity index is 306. The van der Waals surface area contributed by atoms with Crippen LogP contribution in [0.3, 0.4) is 0 Å². The number of ether oxygens (including phenoxy) is 3. The van der Waals surface area contributed by atoms with Gasteiger partial charge in [-0.15, -0.1) is 0 Å². The molecule has 1 aromatic rings. The van der Waals surface area contributed by atoms with Gasteiger partial charge in [-0.1, -0.05) is 43.0 Å². The third-order valence-electron chi connectivity index (χ3n) is 2.25. The molecule has 5 heteroatoms. The van der Waals surface area contributed by atoms with E-state index in [0.717, 1.165) is 0 Å². The summed E-state index contributed by atoms with van der Waals surface area (Å²) < 4.78 is 15.0. The Morgan fingerprint density at radius 3 is 1.52 bits per heavy atom. The van der Waals surface area contributed by atoms with Crippen molar-refractivity contribution >= 4 is 6.08 Å². The summed E-state index contributed by atoms with van der Waals surface area (Å²) >= 11 is 0. The van der Waals surface area contributed by atoms with E-state index >= 15 is 0 Å². The van der Waals surface area contributed by atoms with E-state index in [2.05, 4.69) is 6.58 Å². The lowest BCUT2D eigenvalue weighted by molar-refractivity contribution is 0.00230. The average molecular weight is 298 g/mol. The molecule has 0 aliphatic heterocycles. The predicted octanol–water partition coefficient (Wildman–Crippen LogP) is 1.35. The van der Waals surface area contributed by atoms with Gasteiger partial charge >= 0.3 is 0 Å². The van der Waals surface area contributed by atoms with Gasteiger partial charge in [-0.05, 0) is 5.56 Å². The van der Waals surface area contributed by atoms with Gasteiger partial charge in [0.05, 0.1) is 52.9 Å². The van der Waals surface area contributed by atoms with Crippen LogP contribution >= 0.6 is 0 Å². The highest BCUT2D eigenvalue weighted by atomic mass is 16.5. The molecule has 21 heavy (non-hydrogen) atoms. The van der Waals surface area contributed by atoms with Crippen LogP contribution in [0.15, 0.2) is 36.9 Å². The lowest BCUT2D eigenvalue weighted by atomic mass is 10.2. The molecule has 120 valence electrons. The standard InChI is InChI=1S/C8H18O5.C8H8/c9-1-3-11-5-7-13-8-6-12-4-2-10;1-2-8-6-4-3-5-7-8/h9-10H,1-8H2;2-7H,1H2. The first-order chi connectivity index (χ1) is 10.3. The zero-order chi connectivity index (χ0) is 15.6. The monoisotopic (exact) mass is 298 g/mol. The zero-order valence-electron chi connectivity index (χ0n) is 12.4.